The number of carbonyl (C=O) groups is 2. The van der Waals surface area contributed by atoms with E-state index in [9.17, 15) is 18.0 Å². The van der Waals surface area contributed by atoms with Gasteiger partial charge in [-0.15, -0.1) is 0 Å². The SMILES string of the molecule is O=C(NCc1ccncc1)[C@@H]1CC(=O)N(c2ccc(S(=O)(=O)N3CCOCC3)cc2)C1. The molecular formula is C21H24N4O5S. The maximum absolute atomic E-state index is 12.7. The Bertz CT molecular complexity index is 1040. The van der Waals surface area contributed by atoms with Crippen molar-refractivity contribution in [3.05, 3.63) is 54.4 Å². The van der Waals surface area contributed by atoms with Gasteiger partial charge in [-0.25, -0.2) is 8.42 Å². The molecule has 1 atom stereocenters. The fraction of sp³-hybridized carbons (Fsp3) is 0.381. The zero-order valence-electron chi connectivity index (χ0n) is 16.9. The van der Waals surface area contributed by atoms with Crippen molar-refractivity contribution in [2.45, 2.75) is 17.9 Å². The van der Waals surface area contributed by atoms with Crippen molar-refractivity contribution < 1.29 is 22.7 Å². The molecule has 0 spiro atoms. The number of nitrogens with one attached hydrogen (secondary N) is 1. The molecule has 3 heterocycles. The second kappa shape index (κ2) is 9.13. The van der Waals surface area contributed by atoms with E-state index in [0.717, 1.165) is 5.56 Å². The smallest absolute Gasteiger partial charge is 0.243 e. The monoisotopic (exact) mass is 444 g/mol. The molecule has 31 heavy (non-hydrogen) atoms. The maximum atomic E-state index is 12.7. The van der Waals surface area contributed by atoms with Crippen LogP contribution < -0.4 is 10.2 Å². The first-order valence-corrected chi connectivity index (χ1v) is 11.5. The number of amides is 2. The summed E-state index contributed by atoms with van der Waals surface area (Å²) < 4.78 is 32.1. The van der Waals surface area contributed by atoms with Gasteiger partial charge in [0.1, 0.15) is 0 Å². The van der Waals surface area contributed by atoms with Gasteiger partial charge in [-0.05, 0) is 42.0 Å². The minimum absolute atomic E-state index is 0.121. The number of aromatic nitrogens is 1. The van der Waals surface area contributed by atoms with Crippen LogP contribution >= 0.6 is 0 Å². The van der Waals surface area contributed by atoms with Gasteiger partial charge >= 0.3 is 0 Å². The molecular weight excluding hydrogens is 420 g/mol. The van der Waals surface area contributed by atoms with Crippen LogP contribution in [-0.2, 0) is 30.9 Å². The van der Waals surface area contributed by atoms with Gasteiger partial charge in [0.25, 0.3) is 0 Å². The van der Waals surface area contributed by atoms with Crippen LogP contribution in [0.5, 0.6) is 0 Å². The summed E-state index contributed by atoms with van der Waals surface area (Å²) in [6.07, 6.45) is 3.44. The predicted molar refractivity (Wildman–Crippen MR) is 113 cm³/mol. The van der Waals surface area contributed by atoms with Crippen LogP contribution in [0, 0.1) is 5.92 Å². The fourth-order valence-electron chi connectivity index (χ4n) is 3.70. The van der Waals surface area contributed by atoms with E-state index >= 15 is 0 Å². The van der Waals surface area contributed by atoms with Crippen molar-refractivity contribution in [3.8, 4) is 0 Å². The molecule has 0 bridgehead atoms. The molecule has 9 nitrogen and oxygen atoms in total. The van der Waals surface area contributed by atoms with E-state index in [1.807, 2.05) is 12.1 Å². The number of carbonyl (C=O) groups excluding carboxylic acids is 2. The summed E-state index contributed by atoms with van der Waals surface area (Å²) in [6.45, 7) is 2.04. The van der Waals surface area contributed by atoms with Crippen LogP contribution in [0.3, 0.4) is 0 Å². The summed E-state index contributed by atoms with van der Waals surface area (Å²) >= 11 is 0. The van der Waals surface area contributed by atoms with Crippen LogP contribution in [0.4, 0.5) is 5.69 Å². The summed E-state index contributed by atoms with van der Waals surface area (Å²) in [7, 11) is -3.59. The summed E-state index contributed by atoms with van der Waals surface area (Å²) in [5.74, 6) is -0.793. The fourth-order valence-corrected chi connectivity index (χ4v) is 5.11. The normalized spacial score (nSPS) is 20.1. The summed E-state index contributed by atoms with van der Waals surface area (Å²) in [6, 6.07) is 9.87. The lowest BCUT2D eigenvalue weighted by molar-refractivity contribution is -0.126. The van der Waals surface area contributed by atoms with E-state index in [4.69, 9.17) is 4.74 Å². The van der Waals surface area contributed by atoms with Gasteiger partial charge < -0.3 is 15.0 Å². The van der Waals surface area contributed by atoms with Crippen molar-refractivity contribution in [3.63, 3.8) is 0 Å². The van der Waals surface area contributed by atoms with Crippen molar-refractivity contribution in [1.29, 1.82) is 0 Å². The van der Waals surface area contributed by atoms with Crippen LogP contribution in [0.15, 0.2) is 53.7 Å². The Morgan fingerprint density at radius 2 is 1.77 bits per heavy atom. The second-order valence-electron chi connectivity index (χ2n) is 7.49. The Kier molecular flexibility index (Phi) is 6.30. The van der Waals surface area contributed by atoms with E-state index in [0.29, 0.717) is 38.5 Å². The van der Waals surface area contributed by atoms with Gasteiger partial charge in [-0.1, -0.05) is 0 Å². The summed E-state index contributed by atoms with van der Waals surface area (Å²) in [5.41, 5.74) is 1.51. The number of ether oxygens (including phenoxy) is 1. The van der Waals surface area contributed by atoms with Crippen molar-refractivity contribution >= 4 is 27.5 Å². The van der Waals surface area contributed by atoms with Gasteiger partial charge in [-0.2, -0.15) is 4.31 Å². The Hall–Kier alpha value is -2.82. The maximum Gasteiger partial charge on any atom is 0.243 e. The van der Waals surface area contributed by atoms with Gasteiger partial charge in [0.15, 0.2) is 0 Å². The largest absolute Gasteiger partial charge is 0.379 e. The number of benzene rings is 1. The number of nitrogens with zero attached hydrogens (tertiary/aromatic N) is 3. The zero-order chi connectivity index (χ0) is 21.8. The first-order valence-electron chi connectivity index (χ1n) is 10.1. The van der Waals surface area contributed by atoms with Gasteiger partial charge in [-0.3, -0.25) is 14.6 Å². The topological polar surface area (TPSA) is 109 Å². The van der Waals surface area contributed by atoms with Crippen molar-refractivity contribution in [2.75, 3.05) is 37.7 Å². The molecule has 0 saturated carbocycles. The molecule has 2 amide bonds. The first-order chi connectivity index (χ1) is 14.9. The second-order valence-corrected chi connectivity index (χ2v) is 9.43. The first kappa shape index (κ1) is 21.4. The number of morpholine rings is 1. The highest BCUT2D eigenvalue weighted by Crippen LogP contribution is 2.27. The van der Waals surface area contributed by atoms with Crippen LogP contribution in [0.25, 0.3) is 0 Å². The summed E-state index contributed by atoms with van der Waals surface area (Å²) in [5, 5.41) is 2.86. The molecule has 1 N–H and O–H groups in total. The number of hydrogen-bond acceptors (Lipinski definition) is 6. The lowest BCUT2D eigenvalue weighted by Crippen LogP contribution is -2.40. The predicted octanol–water partition coefficient (Wildman–Crippen LogP) is 0.772. The lowest BCUT2D eigenvalue weighted by Gasteiger charge is -2.26. The molecule has 1 aromatic heterocycles. The number of anilines is 1. The molecule has 2 aromatic rings. The molecule has 2 fully saturated rings. The highest BCUT2D eigenvalue weighted by Gasteiger charge is 2.35. The molecule has 0 unspecified atom stereocenters. The van der Waals surface area contributed by atoms with E-state index < -0.39 is 15.9 Å². The summed E-state index contributed by atoms with van der Waals surface area (Å²) in [4.78, 5) is 30.6. The molecule has 1 aromatic carbocycles. The molecule has 0 aliphatic carbocycles. The van der Waals surface area contributed by atoms with Gasteiger partial charge in [0.05, 0.1) is 24.0 Å². The Balaban J connectivity index is 1.39. The lowest BCUT2D eigenvalue weighted by atomic mass is 10.1. The molecule has 164 valence electrons. The van der Waals surface area contributed by atoms with Crippen LogP contribution in [-0.4, -0.2) is 62.4 Å². The van der Waals surface area contributed by atoms with Crippen LogP contribution in [0.1, 0.15) is 12.0 Å². The number of pyridine rings is 1. The zero-order valence-corrected chi connectivity index (χ0v) is 17.8. The highest BCUT2D eigenvalue weighted by molar-refractivity contribution is 7.89. The molecule has 10 heteroatoms. The Morgan fingerprint density at radius 1 is 1.10 bits per heavy atom. The number of sulfonamides is 1. The average Bonchev–Trinajstić information content (AvgIpc) is 3.20. The standard InChI is InChI=1S/C21H24N4O5S/c26-20-13-17(21(27)23-14-16-5-7-22-8-6-16)15-25(20)18-1-3-19(4-2-18)31(28,29)24-9-11-30-12-10-24/h1-8,17H,9-15H2,(H,23,27)/t17-/m1/s1. The quantitative estimate of drug-likeness (QED) is 0.705. The average molecular weight is 445 g/mol. The van der Waals surface area contributed by atoms with E-state index in [1.165, 1.54) is 21.3 Å². The molecule has 2 saturated heterocycles. The van der Waals surface area contributed by atoms with Gasteiger partial charge in [0, 0.05) is 50.7 Å². The molecule has 0 radical (unpaired) electrons. The number of hydrogen-bond donors (Lipinski definition) is 1. The minimum atomic E-state index is -3.59. The van der Waals surface area contributed by atoms with Crippen LogP contribution in [0.2, 0.25) is 0 Å². The highest BCUT2D eigenvalue weighted by atomic mass is 32.2. The van der Waals surface area contributed by atoms with E-state index in [-0.39, 0.29) is 29.7 Å². The third kappa shape index (κ3) is 4.76. The Labute approximate surface area is 181 Å². The molecule has 2 aliphatic rings. The molecule has 4 rings (SSSR count). The van der Waals surface area contributed by atoms with Crippen molar-refractivity contribution in [2.24, 2.45) is 5.92 Å². The third-order valence-corrected chi connectivity index (χ3v) is 7.38. The van der Waals surface area contributed by atoms with Gasteiger partial charge in [0.2, 0.25) is 21.8 Å². The minimum Gasteiger partial charge on any atom is -0.379 e. The van der Waals surface area contributed by atoms with Crippen molar-refractivity contribution in [1.82, 2.24) is 14.6 Å². The Morgan fingerprint density at radius 3 is 2.45 bits per heavy atom. The molecule has 2 aliphatic heterocycles. The number of rotatable bonds is 6. The van der Waals surface area contributed by atoms with E-state index in [1.54, 1.807) is 24.5 Å². The van der Waals surface area contributed by atoms with E-state index in [2.05, 4.69) is 10.3 Å². The third-order valence-electron chi connectivity index (χ3n) is 5.47.